The summed E-state index contributed by atoms with van der Waals surface area (Å²) < 4.78 is 23.4. The topological polar surface area (TPSA) is 47.6 Å². The van der Waals surface area contributed by atoms with E-state index >= 15 is 0 Å². The first-order chi connectivity index (χ1) is 10.6. The summed E-state index contributed by atoms with van der Waals surface area (Å²) >= 11 is 6.11. The van der Waals surface area contributed by atoms with E-state index in [0.717, 1.165) is 0 Å². The van der Waals surface area contributed by atoms with Gasteiger partial charge in [0.1, 0.15) is 5.75 Å². The summed E-state index contributed by atoms with van der Waals surface area (Å²) in [5, 5.41) is 3.22. The molecule has 2 aromatic carbocycles. The Balaban J connectivity index is 2.14. The fraction of sp³-hybridized carbons (Fsp3) is 0.188. The van der Waals surface area contributed by atoms with Gasteiger partial charge in [0.2, 0.25) is 0 Å². The number of hydrogen-bond donors (Lipinski definition) is 1. The lowest BCUT2D eigenvalue weighted by molar-refractivity contribution is 0.0950. The molecule has 4 nitrogen and oxygen atoms in total. The number of carbonyl (C=O) groups is 1. The van der Waals surface area contributed by atoms with E-state index in [0.29, 0.717) is 21.9 Å². The van der Waals surface area contributed by atoms with Crippen LogP contribution in [0.25, 0.3) is 0 Å². The molecule has 0 unspecified atom stereocenters. The number of methoxy groups -OCH3 is 2. The monoisotopic (exact) mass is 323 g/mol. The van der Waals surface area contributed by atoms with Gasteiger partial charge in [-0.1, -0.05) is 17.7 Å². The first-order valence-corrected chi connectivity index (χ1v) is 6.87. The van der Waals surface area contributed by atoms with Crippen molar-refractivity contribution in [1.82, 2.24) is 5.32 Å². The molecule has 0 aliphatic carbocycles. The molecule has 0 atom stereocenters. The summed E-state index contributed by atoms with van der Waals surface area (Å²) in [4.78, 5) is 12.1. The maximum Gasteiger partial charge on any atom is 0.251 e. The van der Waals surface area contributed by atoms with Crippen molar-refractivity contribution in [2.24, 2.45) is 0 Å². The Bertz CT molecular complexity index is 691. The summed E-state index contributed by atoms with van der Waals surface area (Å²) in [6.45, 7) is 0.196. The number of ether oxygens (including phenoxy) is 2. The van der Waals surface area contributed by atoms with Gasteiger partial charge in [0, 0.05) is 22.7 Å². The van der Waals surface area contributed by atoms with Crippen LogP contribution in [0.3, 0.4) is 0 Å². The number of rotatable bonds is 5. The lowest BCUT2D eigenvalue weighted by Crippen LogP contribution is -2.23. The molecule has 0 heterocycles. The average Bonchev–Trinajstić information content (AvgIpc) is 2.53. The first-order valence-electron chi connectivity index (χ1n) is 6.50. The molecule has 0 saturated carbocycles. The quantitative estimate of drug-likeness (QED) is 0.917. The Morgan fingerprint density at radius 3 is 2.59 bits per heavy atom. The number of amides is 1. The highest BCUT2D eigenvalue weighted by atomic mass is 35.5. The van der Waals surface area contributed by atoms with Crippen molar-refractivity contribution < 1.29 is 18.7 Å². The molecule has 0 fully saturated rings. The van der Waals surface area contributed by atoms with Crippen LogP contribution in [0.1, 0.15) is 15.9 Å². The Hall–Kier alpha value is -2.27. The number of halogens is 2. The van der Waals surface area contributed by atoms with Crippen molar-refractivity contribution >= 4 is 17.5 Å². The molecule has 2 rings (SSSR count). The van der Waals surface area contributed by atoms with Crippen molar-refractivity contribution in [1.29, 1.82) is 0 Å². The van der Waals surface area contributed by atoms with E-state index in [1.807, 2.05) is 0 Å². The summed E-state index contributed by atoms with van der Waals surface area (Å²) in [5.74, 6) is -0.278. The highest BCUT2D eigenvalue weighted by molar-refractivity contribution is 6.31. The lowest BCUT2D eigenvalue weighted by Gasteiger charge is -2.12. The SMILES string of the molecule is COc1cc(C(=O)NCc2c(Cl)cccc2OC)ccc1F. The van der Waals surface area contributed by atoms with Crippen LogP contribution in [-0.2, 0) is 6.54 Å². The van der Waals surface area contributed by atoms with Crippen LogP contribution < -0.4 is 14.8 Å². The third-order valence-corrected chi connectivity index (χ3v) is 3.49. The van der Waals surface area contributed by atoms with Crippen molar-refractivity contribution in [2.45, 2.75) is 6.54 Å². The molecule has 6 heteroatoms. The minimum atomic E-state index is -0.521. The molecule has 22 heavy (non-hydrogen) atoms. The third kappa shape index (κ3) is 3.49. The average molecular weight is 324 g/mol. The fourth-order valence-electron chi connectivity index (χ4n) is 1.97. The molecule has 0 aliphatic rings. The van der Waals surface area contributed by atoms with E-state index in [9.17, 15) is 9.18 Å². The lowest BCUT2D eigenvalue weighted by atomic mass is 10.1. The normalized spacial score (nSPS) is 10.2. The van der Waals surface area contributed by atoms with Gasteiger partial charge < -0.3 is 14.8 Å². The fourth-order valence-corrected chi connectivity index (χ4v) is 2.21. The van der Waals surface area contributed by atoms with Crippen molar-refractivity contribution in [3.63, 3.8) is 0 Å². The largest absolute Gasteiger partial charge is 0.496 e. The van der Waals surface area contributed by atoms with Gasteiger partial charge in [0.25, 0.3) is 5.91 Å². The number of benzene rings is 2. The highest BCUT2D eigenvalue weighted by Crippen LogP contribution is 2.26. The van der Waals surface area contributed by atoms with E-state index in [1.54, 1.807) is 18.2 Å². The van der Waals surface area contributed by atoms with Crippen molar-refractivity contribution in [3.8, 4) is 11.5 Å². The molecule has 1 amide bonds. The molecule has 0 bridgehead atoms. The van der Waals surface area contributed by atoms with Gasteiger partial charge in [-0.3, -0.25) is 4.79 Å². The van der Waals surface area contributed by atoms with Crippen LogP contribution in [0.15, 0.2) is 36.4 Å². The second-order valence-electron chi connectivity index (χ2n) is 4.45. The molecular weight excluding hydrogens is 309 g/mol. The van der Waals surface area contributed by atoms with Crippen LogP contribution >= 0.6 is 11.6 Å². The van der Waals surface area contributed by atoms with Gasteiger partial charge in [-0.25, -0.2) is 4.39 Å². The molecule has 116 valence electrons. The highest BCUT2D eigenvalue weighted by Gasteiger charge is 2.12. The van der Waals surface area contributed by atoms with Crippen molar-refractivity contribution in [2.75, 3.05) is 14.2 Å². The number of hydrogen-bond acceptors (Lipinski definition) is 3. The number of carbonyl (C=O) groups excluding carboxylic acids is 1. The van der Waals surface area contributed by atoms with Crippen LogP contribution in [0.2, 0.25) is 5.02 Å². The Labute approximate surface area is 132 Å². The standard InChI is InChI=1S/C16H15ClFNO3/c1-21-14-5-3-4-12(17)11(14)9-19-16(20)10-6-7-13(18)15(8-10)22-2/h3-8H,9H2,1-2H3,(H,19,20). The predicted octanol–water partition coefficient (Wildman–Crippen LogP) is 3.43. The second kappa shape index (κ2) is 7.13. The smallest absolute Gasteiger partial charge is 0.251 e. The summed E-state index contributed by atoms with van der Waals surface area (Å²) in [6, 6.07) is 9.15. The third-order valence-electron chi connectivity index (χ3n) is 3.13. The van der Waals surface area contributed by atoms with E-state index in [-0.39, 0.29) is 18.2 Å². The molecule has 0 radical (unpaired) electrons. The summed E-state index contributed by atoms with van der Waals surface area (Å²) in [7, 11) is 2.87. The van der Waals surface area contributed by atoms with Crippen LogP contribution in [-0.4, -0.2) is 20.1 Å². The zero-order valence-corrected chi connectivity index (χ0v) is 12.9. The number of nitrogens with one attached hydrogen (secondary N) is 1. The molecule has 0 aromatic heterocycles. The van der Waals surface area contributed by atoms with Crippen LogP contribution in [0.5, 0.6) is 11.5 Å². The molecule has 2 aromatic rings. The minimum absolute atomic E-state index is 0.0166. The summed E-state index contributed by atoms with van der Waals surface area (Å²) in [6.07, 6.45) is 0. The minimum Gasteiger partial charge on any atom is -0.496 e. The Kier molecular flexibility index (Phi) is 5.22. The van der Waals surface area contributed by atoms with E-state index < -0.39 is 5.82 Å². The Morgan fingerprint density at radius 1 is 1.18 bits per heavy atom. The Morgan fingerprint density at radius 2 is 1.91 bits per heavy atom. The first kappa shape index (κ1) is 16.1. The zero-order valence-electron chi connectivity index (χ0n) is 12.2. The second-order valence-corrected chi connectivity index (χ2v) is 4.86. The van der Waals surface area contributed by atoms with Gasteiger partial charge in [0.05, 0.1) is 14.2 Å². The van der Waals surface area contributed by atoms with E-state index in [2.05, 4.69) is 5.32 Å². The van der Waals surface area contributed by atoms with Gasteiger partial charge >= 0.3 is 0 Å². The van der Waals surface area contributed by atoms with Gasteiger partial charge in [-0.05, 0) is 30.3 Å². The van der Waals surface area contributed by atoms with Gasteiger partial charge in [-0.2, -0.15) is 0 Å². The van der Waals surface area contributed by atoms with E-state index in [1.165, 1.54) is 32.4 Å². The maximum atomic E-state index is 13.3. The summed E-state index contributed by atoms with van der Waals surface area (Å²) in [5.41, 5.74) is 0.971. The predicted molar refractivity (Wildman–Crippen MR) is 82.1 cm³/mol. The maximum absolute atomic E-state index is 13.3. The molecule has 0 saturated heterocycles. The van der Waals surface area contributed by atoms with Crippen molar-refractivity contribution in [3.05, 3.63) is 58.4 Å². The van der Waals surface area contributed by atoms with E-state index in [4.69, 9.17) is 21.1 Å². The van der Waals surface area contributed by atoms with Gasteiger partial charge in [0.15, 0.2) is 11.6 Å². The van der Waals surface area contributed by atoms with Gasteiger partial charge in [-0.15, -0.1) is 0 Å². The molecular formula is C16H15ClFNO3. The zero-order chi connectivity index (χ0) is 16.1. The molecule has 0 spiro atoms. The van der Waals surface area contributed by atoms with Crippen LogP contribution in [0, 0.1) is 5.82 Å². The van der Waals surface area contributed by atoms with Crippen LogP contribution in [0.4, 0.5) is 4.39 Å². The molecule has 1 N–H and O–H groups in total. The molecule has 0 aliphatic heterocycles.